The maximum Gasteiger partial charge on any atom is 0.169 e. The molecule has 5 heteroatoms. The lowest BCUT2D eigenvalue weighted by atomic mass is 10.4. The first kappa shape index (κ1) is 9.02. The standard InChI is InChI=1S/C8H8BrN3S/c1-12-7-6(11-8(12)13-2)5(9)3-4-10-7/h3-4H,1-2H3. The zero-order valence-electron chi connectivity index (χ0n) is 7.28. The molecule has 0 saturated heterocycles. The third-order valence-corrected chi connectivity index (χ3v) is 3.22. The van der Waals surface area contributed by atoms with Gasteiger partial charge in [-0.15, -0.1) is 0 Å². The lowest BCUT2D eigenvalue weighted by Gasteiger charge is -1.95. The van der Waals surface area contributed by atoms with Crippen LogP contribution in [0.4, 0.5) is 0 Å². The number of fused-ring (bicyclic) bond motifs is 1. The SMILES string of the molecule is CSc1nc2c(Br)ccnc2n1C. The molecule has 3 nitrogen and oxygen atoms in total. The maximum atomic E-state index is 4.45. The van der Waals surface area contributed by atoms with E-state index in [2.05, 4.69) is 25.9 Å². The molecule has 0 amide bonds. The molecule has 2 rings (SSSR count). The number of hydrogen-bond donors (Lipinski definition) is 0. The molecular weight excluding hydrogens is 250 g/mol. The molecule has 0 N–H and O–H groups in total. The number of pyridine rings is 1. The predicted octanol–water partition coefficient (Wildman–Crippen LogP) is 2.45. The Morgan fingerprint density at radius 1 is 1.54 bits per heavy atom. The van der Waals surface area contributed by atoms with Gasteiger partial charge in [-0.1, -0.05) is 11.8 Å². The summed E-state index contributed by atoms with van der Waals surface area (Å²) in [6.45, 7) is 0. The van der Waals surface area contributed by atoms with Crippen LogP contribution in [0.25, 0.3) is 11.2 Å². The smallest absolute Gasteiger partial charge is 0.169 e. The minimum atomic E-state index is 0.915. The van der Waals surface area contributed by atoms with Crippen molar-refractivity contribution in [3.63, 3.8) is 0 Å². The van der Waals surface area contributed by atoms with E-state index in [-0.39, 0.29) is 0 Å². The first-order valence-corrected chi connectivity index (χ1v) is 5.76. The summed E-state index contributed by atoms with van der Waals surface area (Å²) in [6.07, 6.45) is 3.79. The van der Waals surface area contributed by atoms with Crippen molar-refractivity contribution in [2.45, 2.75) is 5.16 Å². The van der Waals surface area contributed by atoms with Crippen LogP contribution in [-0.4, -0.2) is 20.8 Å². The van der Waals surface area contributed by atoms with Gasteiger partial charge in [-0.25, -0.2) is 9.97 Å². The number of aryl methyl sites for hydroxylation is 1. The van der Waals surface area contributed by atoms with Crippen molar-refractivity contribution in [1.82, 2.24) is 14.5 Å². The molecule has 0 unspecified atom stereocenters. The Morgan fingerprint density at radius 3 is 2.92 bits per heavy atom. The summed E-state index contributed by atoms with van der Waals surface area (Å²) in [4.78, 5) is 8.71. The third-order valence-electron chi connectivity index (χ3n) is 1.85. The molecule has 0 radical (unpaired) electrons. The number of rotatable bonds is 1. The molecule has 0 atom stereocenters. The van der Waals surface area contributed by atoms with E-state index in [0.29, 0.717) is 0 Å². The summed E-state index contributed by atoms with van der Waals surface area (Å²) in [5, 5.41) is 0.981. The molecule has 0 aliphatic rings. The van der Waals surface area contributed by atoms with Crippen LogP contribution in [0.2, 0.25) is 0 Å². The van der Waals surface area contributed by atoms with Crippen LogP contribution in [-0.2, 0) is 7.05 Å². The lowest BCUT2D eigenvalue weighted by Crippen LogP contribution is -1.90. The third kappa shape index (κ3) is 1.36. The fourth-order valence-electron chi connectivity index (χ4n) is 1.21. The highest BCUT2D eigenvalue weighted by Crippen LogP contribution is 2.24. The normalized spacial score (nSPS) is 11.0. The maximum absolute atomic E-state index is 4.45. The number of thioether (sulfide) groups is 1. The van der Waals surface area contributed by atoms with E-state index in [0.717, 1.165) is 20.8 Å². The molecule has 13 heavy (non-hydrogen) atoms. The molecule has 2 aromatic heterocycles. The van der Waals surface area contributed by atoms with Gasteiger partial charge in [0, 0.05) is 17.7 Å². The molecule has 2 heterocycles. The van der Waals surface area contributed by atoms with Gasteiger partial charge in [-0.05, 0) is 28.3 Å². The van der Waals surface area contributed by atoms with Crippen molar-refractivity contribution in [1.29, 1.82) is 0 Å². The number of imidazole rings is 1. The van der Waals surface area contributed by atoms with Crippen molar-refractivity contribution >= 4 is 38.9 Å². The molecule has 0 saturated carbocycles. The predicted molar refractivity (Wildman–Crippen MR) is 58.0 cm³/mol. The second-order valence-electron chi connectivity index (χ2n) is 2.62. The Bertz CT molecular complexity index is 452. The Kier molecular flexibility index (Phi) is 2.29. The molecular formula is C8H8BrN3S. The Labute approximate surface area is 88.7 Å². The van der Waals surface area contributed by atoms with E-state index < -0.39 is 0 Å². The van der Waals surface area contributed by atoms with Crippen LogP contribution in [0, 0.1) is 0 Å². The Balaban J connectivity index is 2.83. The molecule has 0 spiro atoms. The van der Waals surface area contributed by atoms with Crippen LogP contribution in [0.1, 0.15) is 0 Å². The lowest BCUT2D eigenvalue weighted by molar-refractivity contribution is 0.807. The van der Waals surface area contributed by atoms with Gasteiger partial charge in [0.2, 0.25) is 0 Å². The number of halogens is 1. The highest BCUT2D eigenvalue weighted by molar-refractivity contribution is 9.10. The number of nitrogens with zero attached hydrogens (tertiary/aromatic N) is 3. The molecule has 0 aliphatic heterocycles. The minimum Gasteiger partial charge on any atom is -0.307 e. The molecule has 0 fully saturated rings. The molecule has 0 bridgehead atoms. The fraction of sp³-hybridized carbons (Fsp3) is 0.250. The summed E-state index contributed by atoms with van der Waals surface area (Å²) in [7, 11) is 1.97. The van der Waals surface area contributed by atoms with Crippen molar-refractivity contribution in [3.8, 4) is 0 Å². The summed E-state index contributed by atoms with van der Waals surface area (Å²) in [6, 6.07) is 1.90. The molecule has 0 aromatic carbocycles. The van der Waals surface area contributed by atoms with E-state index in [1.54, 1.807) is 18.0 Å². The quantitative estimate of drug-likeness (QED) is 0.736. The molecule has 2 aromatic rings. The van der Waals surface area contributed by atoms with Crippen molar-refractivity contribution in [2.75, 3.05) is 6.26 Å². The van der Waals surface area contributed by atoms with E-state index in [1.807, 2.05) is 23.9 Å². The van der Waals surface area contributed by atoms with E-state index in [9.17, 15) is 0 Å². The first-order valence-electron chi connectivity index (χ1n) is 3.75. The second kappa shape index (κ2) is 3.31. The van der Waals surface area contributed by atoms with Crippen molar-refractivity contribution in [2.24, 2.45) is 7.05 Å². The summed E-state index contributed by atoms with van der Waals surface area (Å²) < 4.78 is 2.98. The van der Waals surface area contributed by atoms with Gasteiger partial charge >= 0.3 is 0 Å². The van der Waals surface area contributed by atoms with Crippen molar-refractivity contribution < 1.29 is 0 Å². The summed E-state index contributed by atoms with van der Waals surface area (Å²) in [5.74, 6) is 0. The molecule has 0 aliphatic carbocycles. The zero-order valence-corrected chi connectivity index (χ0v) is 9.69. The van der Waals surface area contributed by atoms with Crippen molar-refractivity contribution in [3.05, 3.63) is 16.7 Å². The van der Waals surface area contributed by atoms with Gasteiger partial charge in [0.15, 0.2) is 10.8 Å². The average Bonchev–Trinajstić information content (AvgIpc) is 2.45. The van der Waals surface area contributed by atoms with Gasteiger partial charge in [0.1, 0.15) is 5.52 Å². The van der Waals surface area contributed by atoms with Crippen LogP contribution in [0.15, 0.2) is 21.9 Å². The Morgan fingerprint density at radius 2 is 2.31 bits per heavy atom. The summed E-state index contributed by atoms with van der Waals surface area (Å²) in [5.41, 5.74) is 1.84. The first-order chi connectivity index (χ1) is 6.24. The van der Waals surface area contributed by atoms with Crippen LogP contribution in [0.3, 0.4) is 0 Å². The zero-order chi connectivity index (χ0) is 9.42. The monoisotopic (exact) mass is 257 g/mol. The van der Waals surface area contributed by atoms with E-state index in [4.69, 9.17) is 0 Å². The highest BCUT2D eigenvalue weighted by Gasteiger charge is 2.09. The summed E-state index contributed by atoms with van der Waals surface area (Å²) >= 11 is 5.07. The number of hydrogen-bond acceptors (Lipinski definition) is 3. The highest BCUT2D eigenvalue weighted by atomic mass is 79.9. The van der Waals surface area contributed by atoms with Gasteiger partial charge < -0.3 is 4.57 Å². The van der Waals surface area contributed by atoms with Gasteiger partial charge in [0.25, 0.3) is 0 Å². The van der Waals surface area contributed by atoms with E-state index in [1.165, 1.54) is 0 Å². The number of aromatic nitrogens is 3. The largest absolute Gasteiger partial charge is 0.307 e. The minimum absolute atomic E-state index is 0.915. The second-order valence-corrected chi connectivity index (χ2v) is 4.25. The van der Waals surface area contributed by atoms with Crippen LogP contribution in [0.5, 0.6) is 0 Å². The fourth-order valence-corrected chi connectivity index (χ4v) is 2.14. The van der Waals surface area contributed by atoms with Gasteiger partial charge in [-0.2, -0.15) is 0 Å². The Hall–Kier alpha value is -0.550. The van der Waals surface area contributed by atoms with Gasteiger partial charge in [0.05, 0.1) is 0 Å². The average molecular weight is 258 g/mol. The van der Waals surface area contributed by atoms with Crippen LogP contribution >= 0.6 is 27.7 Å². The topological polar surface area (TPSA) is 30.7 Å². The van der Waals surface area contributed by atoms with Gasteiger partial charge in [-0.3, -0.25) is 0 Å². The van der Waals surface area contributed by atoms with E-state index >= 15 is 0 Å². The molecule has 68 valence electrons. The van der Waals surface area contributed by atoms with Crippen LogP contribution < -0.4 is 0 Å².